The third-order valence-corrected chi connectivity index (χ3v) is 4.60. The summed E-state index contributed by atoms with van der Waals surface area (Å²) < 4.78 is 0. The third-order valence-electron chi connectivity index (χ3n) is 3.67. The lowest BCUT2D eigenvalue weighted by Crippen LogP contribution is -2.31. The van der Waals surface area contributed by atoms with E-state index in [-0.39, 0.29) is 6.61 Å². The first kappa shape index (κ1) is 16.7. The smallest absolute Gasteiger partial charge is 0.104 e. The highest BCUT2D eigenvalue weighted by atomic mass is 32.1. The van der Waals surface area contributed by atoms with Crippen LogP contribution in [0.25, 0.3) is 0 Å². The molecule has 0 spiro atoms. The summed E-state index contributed by atoms with van der Waals surface area (Å²) in [6.07, 6.45) is 4.81. The van der Waals surface area contributed by atoms with Crippen molar-refractivity contribution in [3.63, 3.8) is 0 Å². The topological polar surface area (TPSA) is 36.4 Å². The molecular formula is C18H22N2OS. The normalized spacial score (nSPS) is 12.0. The van der Waals surface area contributed by atoms with Crippen LogP contribution in [0.4, 0.5) is 0 Å². The van der Waals surface area contributed by atoms with Gasteiger partial charge in [-0.1, -0.05) is 18.8 Å². The standard InChI is InChI=1S/C18H22N2OS/c1-3-15(2)20(12-16-6-8-19-9-7-16)13-18-11-17(14-22-18)5-4-10-21/h6-9,11,14-15,21H,3,10,12-13H2,1-2H3. The number of aliphatic hydroxyl groups excluding tert-OH is 1. The molecule has 0 aromatic carbocycles. The summed E-state index contributed by atoms with van der Waals surface area (Å²) in [6.45, 7) is 6.24. The second-order valence-electron chi connectivity index (χ2n) is 5.28. The van der Waals surface area contributed by atoms with Gasteiger partial charge in [0.15, 0.2) is 0 Å². The maximum Gasteiger partial charge on any atom is 0.104 e. The predicted molar refractivity (Wildman–Crippen MR) is 91.5 cm³/mol. The summed E-state index contributed by atoms with van der Waals surface area (Å²) in [7, 11) is 0. The molecule has 2 aromatic rings. The van der Waals surface area contributed by atoms with E-state index in [1.807, 2.05) is 12.4 Å². The van der Waals surface area contributed by atoms with Gasteiger partial charge in [-0.25, -0.2) is 0 Å². The number of nitrogens with zero attached hydrogens (tertiary/aromatic N) is 2. The molecule has 116 valence electrons. The molecule has 0 saturated heterocycles. The number of thiophene rings is 1. The molecule has 1 N–H and O–H groups in total. The van der Waals surface area contributed by atoms with E-state index < -0.39 is 0 Å². The molecule has 22 heavy (non-hydrogen) atoms. The first-order chi connectivity index (χ1) is 10.7. The number of pyridine rings is 1. The molecule has 0 radical (unpaired) electrons. The van der Waals surface area contributed by atoms with Crippen molar-refractivity contribution >= 4 is 11.3 Å². The third kappa shape index (κ3) is 4.96. The Balaban J connectivity index is 2.08. The van der Waals surface area contributed by atoms with E-state index >= 15 is 0 Å². The van der Waals surface area contributed by atoms with Crippen molar-refractivity contribution < 1.29 is 5.11 Å². The zero-order valence-electron chi connectivity index (χ0n) is 13.1. The van der Waals surface area contributed by atoms with E-state index in [1.54, 1.807) is 11.3 Å². The molecule has 3 nitrogen and oxygen atoms in total. The Hall–Kier alpha value is -1.67. The average Bonchev–Trinajstić information content (AvgIpc) is 3.00. The van der Waals surface area contributed by atoms with Crippen LogP contribution in [0.3, 0.4) is 0 Å². The minimum Gasteiger partial charge on any atom is -0.384 e. The SMILES string of the molecule is CCC(C)N(Cc1ccncc1)Cc1cc(C#CCO)cs1. The van der Waals surface area contributed by atoms with Crippen LogP contribution in [-0.4, -0.2) is 27.6 Å². The summed E-state index contributed by atoms with van der Waals surface area (Å²) in [5, 5.41) is 10.8. The van der Waals surface area contributed by atoms with Gasteiger partial charge < -0.3 is 5.11 Å². The van der Waals surface area contributed by atoms with Crippen molar-refractivity contribution in [1.82, 2.24) is 9.88 Å². The fourth-order valence-corrected chi connectivity index (χ4v) is 3.06. The number of hydrogen-bond donors (Lipinski definition) is 1. The molecule has 0 saturated carbocycles. The zero-order valence-corrected chi connectivity index (χ0v) is 13.9. The first-order valence-electron chi connectivity index (χ1n) is 7.53. The van der Waals surface area contributed by atoms with Gasteiger partial charge in [-0.3, -0.25) is 9.88 Å². The van der Waals surface area contributed by atoms with E-state index in [4.69, 9.17) is 5.11 Å². The van der Waals surface area contributed by atoms with Crippen LogP contribution in [0, 0.1) is 11.8 Å². The van der Waals surface area contributed by atoms with E-state index in [2.05, 4.69) is 59.2 Å². The van der Waals surface area contributed by atoms with Crippen molar-refractivity contribution in [2.75, 3.05) is 6.61 Å². The monoisotopic (exact) mass is 314 g/mol. The number of rotatable bonds is 6. The Labute approximate surface area is 136 Å². The highest BCUT2D eigenvalue weighted by Crippen LogP contribution is 2.20. The fourth-order valence-electron chi connectivity index (χ4n) is 2.22. The van der Waals surface area contributed by atoms with E-state index in [0.717, 1.165) is 25.1 Å². The molecular weight excluding hydrogens is 292 g/mol. The van der Waals surface area contributed by atoms with Gasteiger partial charge in [-0.05, 0) is 37.1 Å². The van der Waals surface area contributed by atoms with Gasteiger partial charge in [0.1, 0.15) is 6.61 Å². The molecule has 0 aliphatic heterocycles. The van der Waals surface area contributed by atoms with Crippen LogP contribution >= 0.6 is 11.3 Å². The van der Waals surface area contributed by atoms with Crippen molar-refractivity contribution in [3.05, 3.63) is 52.0 Å². The summed E-state index contributed by atoms with van der Waals surface area (Å²) in [5.74, 6) is 5.66. The molecule has 2 heterocycles. The summed E-state index contributed by atoms with van der Waals surface area (Å²) in [5.41, 5.74) is 2.27. The number of hydrogen-bond acceptors (Lipinski definition) is 4. The van der Waals surface area contributed by atoms with Crippen molar-refractivity contribution in [2.24, 2.45) is 0 Å². The molecule has 0 aliphatic rings. The molecule has 1 unspecified atom stereocenters. The second-order valence-corrected chi connectivity index (χ2v) is 6.28. The van der Waals surface area contributed by atoms with Crippen LogP contribution in [-0.2, 0) is 13.1 Å². The molecule has 1 atom stereocenters. The van der Waals surface area contributed by atoms with Crippen LogP contribution in [0.2, 0.25) is 0 Å². The minimum atomic E-state index is -0.0911. The molecule has 0 aliphatic carbocycles. The van der Waals surface area contributed by atoms with E-state index in [1.165, 1.54) is 10.4 Å². The molecule has 4 heteroatoms. The molecule has 2 aromatic heterocycles. The number of aromatic nitrogens is 1. The summed E-state index contributed by atoms with van der Waals surface area (Å²) in [6, 6.07) is 6.78. The van der Waals surface area contributed by atoms with Crippen LogP contribution < -0.4 is 0 Å². The predicted octanol–water partition coefficient (Wildman–Crippen LogP) is 3.29. The van der Waals surface area contributed by atoms with Crippen molar-refractivity contribution in [3.8, 4) is 11.8 Å². The molecule has 0 fully saturated rings. The molecule has 0 amide bonds. The first-order valence-corrected chi connectivity index (χ1v) is 8.41. The largest absolute Gasteiger partial charge is 0.384 e. The maximum atomic E-state index is 8.77. The fraction of sp³-hybridized carbons (Fsp3) is 0.389. The van der Waals surface area contributed by atoms with Gasteiger partial charge in [-0.15, -0.1) is 11.3 Å². The van der Waals surface area contributed by atoms with Gasteiger partial charge in [0.25, 0.3) is 0 Å². The molecule has 2 rings (SSSR count). The summed E-state index contributed by atoms with van der Waals surface area (Å²) >= 11 is 1.73. The Morgan fingerprint density at radius 2 is 2.09 bits per heavy atom. The maximum absolute atomic E-state index is 8.77. The minimum absolute atomic E-state index is 0.0911. The Morgan fingerprint density at radius 3 is 2.77 bits per heavy atom. The second kappa shape index (κ2) is 8.70. The average molecular weight is 314 g/mol. The van der Waals surface area contributed by atoms with E-state index in [9.17, 15) is 0 Å². The van der Waals surface area contributed by atoms with Crippen LogP contribution in [0.15, 0.2) is 36.0 Å². The number of aliphatic hydroxyl groups is 1. The van der Waals surface area contributed by atoms with Crippen LogP contribution in [0.1, 0.15) is 36.3 Å². The van der Waals surface area contributed by atoms with Crippen LogP contribution in [0.5, 0.6) is 0 Å². The highest BCUT2D eigenvalue weighted by molar-refractivity contribution is 7.10. The molecule has 0 bridgehead atoms. The highest BCUT2D eigenvalue weighted by Gasteiger charge is 2.14. The van der Waals surface area contributed by atoms with E-state index in [0.29, 0.717) is 6.04 Å². The summed E-state index contributed by atoms with van der Waals surface area (Å²) in [4.78, 5) is 7.86. The lowest BCUT2D eigenvalue weighted by Gasteiger charge is -2.28. The van der Waals surface area contributed by atoms with Gasteiger partial charge in [0, 0.05) is 47.3 Å². The quantitative estimate of drug-likeness (QED) is 0.831. The Morgan fingerprint density at radius 1 is 1.32 bits per heavy atom. The lowest BCUT2D eigenvalue weighted by atomic mass is 10.1. The lowest BCUT2D eigenvalue weighted by molar-refractivity contribution is 0.188. The van der Waals surface area contributed by atoms with Crippen molar-refractivity contribution in [2.45, 2.75) is 39.4 Å². The zero-order chi connectivity index (χ0) is 15.8. The van der Waals surface area contributed by atoms with Gasteiger partial charge in [0.2, 0.25) is 0 Å². The van der Waals surface area contributed by atoms with Gasteiger partial charge in [0.05, 0.1) is 0 Å². The Bertz CT molecular complexity index is 627. The Kier molecular flexibility index (Phi) is 6.60. The van der Waals surface area contributed by atoms with Gasteiger partial charge >= 0.3 is 0 Å². The van der Waals surface area contributed by atoms with Gasteiger partial charge in [-0.2, -0.15) is 0 Å². The van der Waals surface area contributed by atoms with Crippen molar-refractivity contribution in [1.29, 1.82) is 0 Å².